The van der Waals surface area contributed by atoms with Gasteiger partial charge in [-0.2, -0.15) is 0 Å². The van der Waals surface area contributed by atoms with E-state index in [1.165, 1.54) is 7.11 Å². The molecule has 2 atom stereocenters. The van der Waals surface area contributed by atoms with Crippen molar-refractivity contribution in [2.24, 2.45) is 0 Å². The zero-order valence-corrected chi connectivity index (χ0v) is 14.7. The molecule has 132 valence electrons. The number of rotatable bonds is 4. The van der Waals surface area contributed by atoms with Crippen molar-refractivity contribution in [3.63, 3.8) is 0 Å². The highest BCUT2D eigenvalue weighted by atomic mass is 35.5. The number of carbonyl (C=O) groups is 1. The maximum atomic E-state index is 12.4. The zero-order valence-electron chi connectivity index (χ0n) is 14.0. The fraction of sp³-hybridized carbons (Fsp3) is 0.278. The van der Waals surface area contributed by atoms with Gasteiger partial charge in [-0.1, -0.05) is 23.7 Å². The summed E-state index contributed by atoms with van der Waals surface area (Å²) in [5, 5.41) is 13.4. The molecule has 2 unspecified atom stereocenters. The molecule has 0 saturated carbocycles. The Morgan fingerprint density at radius 2 is 2.08 bits per heavy atom. The summed E-state index contributed by atoms with van der Waals surface area (Å²) >= 11 is 6.07. The first-order chi connectivity index (χ1) is 12.0. The van der Waals surface area contributed by atoms with Gasteiger partial charge in [0, 0.05) is 11.3 Å². The number of anilines is 1. The summed E-state index contributed by atoms with van der Waals surface area (Å²) in [7, 11) is 1.54. The summed E-state index contributed by atoms with van der Waals surface area (Å²) in [6.45, 7) is 1.92. The van der Waals surface area contributed by atoms with Crippen LogP contribution in [0, 0.1) is 6.92 Å². The molecule has 0 bridgehead atoms. The molecule has 2 aromatic rings. The number of aryl methyl sites for hydroxylation is 1. The fourth-order valence-corrected chi connectivity index (χ4v) is 3.11. The molecule has 1 heterocycles. The Labute approximate surface area is 151 Å². The summed E-state index contributed by atoms with van der Waals surface area (Å²) < 4.78 is 5.10. The summed E-state index contributed by atoms with van der Waals surface area (Å²) in [5.41, 5.74) is 8.38. The minimum absolute atomic E-state index is 0.143. The molecule has 25 heavy (non-hydrogen) atoms. The first-order valence-corrected chi connectivity index (χ1v) is 8.30. The van der Waals surface area contributed by atoms with Crippen molar-refractivity contribution >= 4 is 23.2 Å². The molecule has 0 aliphatic carbocycles. The molecule has 0 spiro atoms. The number of nitrogens with one attached hydrogen (secondary N) is 3. The number of aromatic hydroxyl groups is 1. The van der Waals surface area contributed by atoms with Crippen LogP contribution >= 0.6 is 11.6 Å². The maximum Gasteiger partial charge on any atom is 0.242 e. The standard InChI is InChI=1S/C18H20ClN3O3/c1-10-3-5-12(16(23)7-10)14-9-15(22-21-14)18(24)20-11-4-6-17(25-2)13(19)8-11/h3-8,14-15,21-23H,9H2,1-2H3,(H,20,24). The summed E-state index contributed by atoms with van der Waals surface area (Å²) in [4.78, 5) is 12.4. The third-order valence-electron chi connectivity index (χ3n) is 4.20. The average molecular weight is 362 g/mol. The molecule has 1 fully saturated rings. The van der Waals surface area contributed by atoms with Crippen LogP contribution in [0.4, 0.5) is 5.69 Å². The van der Waals surface area contributed by atoms with E-state index in [1.54, 1.807) is 24.3 Å². The van der Waals surface area contributed by atoms with E-state index in [4.69, 9.17) is 16.3 Å². The van der Waals surface area contributed by atoms with E-state index in [2.05, 4.69) is 16.2 Å². The van der Waals surface area contributed by atoms with Crippen LogP contribution < -0.4 is 20.9 Å². The van der Waals surface area contributed by atoms with Gasteiger partial charge in [0.15, 0.2) is 0 Å². The number of carbonyl (C=O) groups excluding carboxylic acids is 1. The van der Waals surface area contributed by atoms with Crippen molar-refractivity contribution in [2.45, 2.75) is 25.4 Å². The Balaban J connectivity index is 1.65. The predicted octanol–water partition coefficient (Wildman–Crippen LogP) is 2.91. The number of amides is 1. The van der Waals surface area contributed by atoms with E-state index in [-0.39, 0.29) is 17.7 Å². The van der Waals surface area contributed by atoms with Crippen molar-refractivity contribution in [1.29, 1.82) is 0 Å². The van der Waals surface area contributed by atoms with Crippen LogP contribution in [0.3, 0.4) is 0 Å². The second-order valence-electron chi connectivity index (χ2n) is 6.03. The van der Waals surface area contributed by atoms with E-state index >= 15 is 0 Å². The number of benzene rings is 2. The normalized spacial score (nSPS) is 19.6. The van der Waals surface area contributed by atoms with Gasteiger partial charge in [0.2, 0.25) is 5.91 Å². The number of halogens is 1. The zero-order chi connectivity index (χ0) is 18.0. The Kier molecular flexibility index (Phi) is 5.13. The smallest absolute Gasteiger partial charge is 0.242 e. The minimum Gasteiger partial charge on any atom is -0.508 e. The van der Waals surface area contributed by atoms with Crippen LogP contribution in [0.5, 0.6) is 11.5 Å². The van der Waals surface area contributed by atoms with Crippen molar-refractivity contribution < 1.29 is 14.6 Å². The number of hydrazine groups is 1. The molecule has 2 aromatic carbocycles. The van der Waals surface area contributed by atoms with E-state index in [9.17, 15) is 9.90 Å². The number of phenolic OH excluding ortho intramolecular Hbond substituents is 1. The molecule has 1 amide bonds. The Bertz CT molecular complexity index is 797. The summed E-state index contributed by atoms with van der Waals surface area (Å²) in [6.07, 6.45) is 0.520. The van der Waals surface area contributed by atoms with Gasteiger partial charge in [-0.15, -0.1) is 0 Å². The van der Waals surface area contributed by atoms with Crippen molar-refractivity contribution in [3.8, 4) is 11.5 Å². The molecule has 7 heteroatoms. The van der Waals surface area contributed by atoms with E-state index in [0.29, 0.717) is 22.9 Å². The van der Waals surface area contributed by atoms with Gasteiger partial charge in [-0.05, 0) is 43.2 Å². The van der Waals surface area contributed by atoms with Crippen LogP contribution in [-0.2, 0) is 4.79 Å². The molecule has 0 aromatic heterocycles. The first-order valence-electron chi connectivity index (χ1n) is 7.93. The number of ether oxygens (including phenoxy) is 1. The van der Waals surface area contributed by atoms with Crippen LogP contribution in [-0.4, -0.2) is 24.2 Å². The fourth-order valence-electron chi connectivity index (χ4n) is 2.85. The highest BCUT2D eigenvalue weighted by Gasteiger charge is 2.31. The second kappa shape index (κ2) is 7.31. The van der Waals surface area contributed by atoms with Crippen molar-refractivity contribution in [1.82, 2.24) is 10.9 Å². The van der Waals surface area contributed by atoms with Gasteiger partial charge in [-0.3, -0.25) is 4.79 Å². The van der Waals surface area contributed by atoms with Gasteiger partial charge in [0.25, 0.3) is 0 Å². The minimum atomic E-state index is -0.424. The van der Waals surface area contributed by atoms with Crippen LogP contribution in [0.15, 0.2) is 36.4 Å². The molecule has 1 aliphatic rings. The maximum absolute atomic E-state index is 12.4. The molecule has 0 radical (unpaired) electrons. The molecule has 4 N–H and O–H groups in total. The second-order valence-corrected chi connectivity index (χ2v) is 6.44. The van der Waals surface area contributed by atoms with Gasteiger partial charge >= 0.3 is 0 Å². The third-order valence-corrected chi connectivity index (χ3v) is 4.50. The van der Waals surface area contributed by atoms with Crippen LogP contribution in [0.1, 0.15) is 23.6 Å². The SMILES string of the molecule is COc1ccc(NC(=O)C2CC(c3ccc(C)cc3O)NN2)cc1Cl. The summed E-state index contributed by atoms with van der Waals surface area (Å²) in [6, 6.07) is 10.0. The van der Waals surface area contributed by atoms with Crippen molar-refractivity contribution in [3.05, 3.63) is 52.5 Å². The average Bonchev–Trinajstić information content (AvgIpc) is 3.05. The number of methoxy groups -OCH3 is 1. The lowest BCUT2D eigenvalue weighted by atomic mass is 9.99. The van der Waals surface area contributed by atoms with E-state index in [1.807, 2.05) is 19.1 Å². The topological polar surface area (TPSA) is 82.6 Å². The van der Waals surface area contributed by atoms with E-state index < -0.39 is 6.04 Å². The quantitative estimate of drug-likeness (QED) is 0.673. The largest absolute Gasteiger partial charge is 0.508 e. The first kappa shape index (κ1) is 17.5. The monoisotopic (exact) mass is 361 g/mol. The molecule has 3 rings (SSSR count). The van der Waals surface area contributed by atoms with Gasteiger partial charge in [-0.25, -0.2) is 10.9 Å². The molecule has 1 saturated heterocycles. The molecular formula is C18H20ClN3O3. The van der Waals surface area contributed by atoms with Crippen molar-refractivity contribution in [2.75, 3.05) is 12.4 Å². The van der Waals surface area contributed by atoms with Gasteiger partial charge in [0.05, 0.1) is 18.2 Å². The third kappa shape index (κ3) is 3.87. The molecular weight excluding hydrogens is 342 g/mol. The number of phenols is 1. The molecule has 6 nitrogen and oxygen atoms in total. The van der Waals surface area contributed by atoms with Gasteiger partial charge in [0.1, 0.15) is 17.5 Å². The van der Waals surface area contributed by atoms with E-state index in [0.717, 1.165) is 11.1 Å². The lowest BCUT2D eigenvalue weighted by Crippen LogP contribution is -2.39. The Morgan fingerprint density at radius 1 is 1.28 bits per heavy atom. The van der Waals surface area contributed by atoms with Gasteiger partial charge < -0.3 is 15.2 Å². The Hall–Kier alpha value is -2.28. The number of hydrogen-bond acceptors (Lipinski definition) is 5. The highest BCUT2D eigenvalue weighted by molar-refractivity contribution is 6.32. The highest BCUT2D eigenvalue weighted by Crippen LogP contribution is 2.31. The molecule has 1 aliphatic heterocycles. The summed E-state index contributed by atoms with van der Waals surface area (Å²) in [5.74, 6) is 0.598. The lowest BCUT2D eigenvalue weighted by Gasteiger charge is -2.13. The Morgan fingerprint density at radius 3 is 2.76 bits per heavy atom. The lowest BCUT2D eigenvalue weighted by molar-refractivity contribution is -0.117. The number of hydrogen-bond donors (Lipinski definition) is 4. The van der Waals surface area contributed by atoms with Crippen LogP contribution in [0.25, 0.3) is 0 Å². The van der Waals surface area contributed by atoms with Crippen LogP contribution in [0.2, 0.25) is 5.02 Å². The predicted molar refractivity (Wildman–Crippen MR) is 96.9 cm³/mol.